The summed E-state index contributed by atoms with van der Waals surface area (Å²) < 4.78 is 7.69. The lowest BCUT2D eigenvalue weighted by Gasteiger charge is -2.18. The molecule has 1 aliphatic rings. The Labute approximate surface area is 175 Å². The number of nitrogens with zero attached hydrogens (tertiary/aromatic N) is 4. The summed E-state index contributed by atoms with van der Waals surface area (Å²) in [6.45, 7) is 3.07. The quantitative estimate of drug-likeness (QED) is 0.515. The van der Waals surface area contributed by atoms with Crippen LogP contribution in [0.3, 0.4) is 0 Å². The van der Waals surface area contributed by atoms with Crippen LogP contribution in [0.2, 0.25) is 0 Å². The molecule has 30 heavy (non-hydrogen) atoms. The van der Waals surface area contributed by atoms with Crippen molar-refractivity contribution < 1.29 is 9.84 Å². The highest BCUT2D eigenvalue weighted by Crippen LogP contribution is 2.29. The second-order valence-corrected chi connectivity index (χ2v) is 7.67. The number of hydrogen-bond acceptors (Lipinski definition) is 5. The number of aromatic amines is 1. The van der Waals surface area contributed by atoms with Gasteiger partial charge in [0.15, 0.2) is 0 Å². The van der Waals surface area contributed by atoms with Crippen molar-refractivity contribution in [3.8, 4) is 22.8 Å². The zero-order chi connectivity index (χ0) is 20.5. The molecule has 1 fully saturated rings. The first-order valence-corrected chi connectivity index (χ1v) is 10.3. The van der Waals surface area contributed by atoms with Crippen molar-refractivity contribution in [3.63, 3.8) is 0 Å². The Morgan fingerprint density at radius 3 is 2.80 bits per heavy atom. The molecule has 1 aliphatic heterocycles. The first-order valence-electron chi connectivity index (χ1n) is 10.3. The highest BCUT2D eigenvalue weighted by molar-refractivity contribution is 5.78. The Kier molecular flexibility index (Phi) is 4.98. The number of H-pyrrole nitrogens is 1. The molecule has 7 heteroatoms. The summed E-state index contributed by atoms with van der Waals surface area (Å²) in [4.78, 5) is 14.6. The lowest BCUT2D eigenvalue weighted by atomic mass is 10.1. The molecule has 5 rings (SSSR count). The molecule has 2 aromatic carbocycles. The maximum Gasteiger partial charge on any atom is 0.144 e. The molecule has 0 atom stereocenters. The number of nitrogens with one attached hydrogen (secondary N) is 1. The Hall–Kier alpha value is -3.16. The number of benzene rings is 2. The standard InChI is InChI=1S/C23H25N5O2/c1-30-21-7-4-16(12-17(21)14-27-9-2-3-10-27)23-24-8-11-28(23)18-5-6-19-20(13-18)26-22(15-29)25-19/h4-8,11-13,29H,2-3,9-10,14-15H2,1H3,(H,25,26). The Morgan fingerprint density at radius 2 is 2.00 bits per heavy atom. The van der Waals surface area contributed by atoms with Crippen molar-refractivity contribution in [3.05, 3.63) is 60.2 Å². The molecule has 154 valence electrons. The first-order chi connectivity index (χ1) is 14.7. The zero-order valence-corrected chi connectivity index (χ0v) is 17.0. The summed E-state index contributed by atoms with van der Waals surface area (Å²) in [6, 6.07) is 12.3. The number of aliphatic hydroxyl groups excluding tert-OH is 1. The Balaban J connectivity index is 1.52. The molecule has 0 amide bonds. The van der Waals surface area contributed by atoms with Crippen LogP contribution >= 0.6 is 0 Å². The molecular weight excluding hydrogens is 378 g/mol. The number of methoxy groups -OCH3 is 1. The van der Waals surface area contributed by atoms with E-state index in [1.54, 1.807) is 7.11 Å². The molecule has 7 nitrogen and oxygen atoms in total. The third-order valence-electron chi connectivity index (χ3n) is 5.71. The normalized spacial score (nSPS) is 14.6. The summed E-state index contributed by atoms with van der Waals surface area (Å²) in [5.41, 5.74) is 4.95. The molecule has 0 saturated carbocycles. The van der Waals surface area contributed by atoms with Crippen LogP contribution in [0, 0.1) is 0 Å². The fourth-order valence-electron chi connectivity index (χ4n) is 4.22. The zero-order valence-electron chi connectivity index (χ0n) is 17.0. The van der Waals surface area contributed by atoms with Crippen molar-refractivity contribution in [1.82, 2.24) is 24.4 Å². The van der Waals surface area contributed by atoms with Gasteiger partial charge in [0.25, 0.3) is 0 Å². The average molecular weight is 403 g/mol. The van der Waals surface area contributed by atoms with Crippen LogP contribution in [0.5, 0.6) is 5.75 Å². The lowest BCUT2D eigenvalue weighted by Crippen LogP contribution is -2.18. The number of aliphatic hydroxyl groups is 1. The smallest absolute Gasteiger partial charge is 0.144 e. The van der Waals surface area contributed by atoms with Crippen LogP contribution < -0.4 is 4.74 Å². The number of aromatic nitrogens is 4. The van der Waals surface area contributed by atoms with Gasteiger partial charge in [-0.15, -0.1) is 0 Å². The SMILES string of the molecule is COc1ccc(-c2nccn2-c2ccc3nc(CO)[nH]c3c2)cc1CN1CCCC1. The molecule has 0 radical (unpaired) electrons. The molecule has 1 saturated heterocycles. The third-order valence-corrected chi connectivity index (χ3v) is 5.71. The van der Waals surface area contributed by atoms with Crippen molar-refractivity contribution in [2.75, 3.05) is 20.2 Å². The molecule has 0 bridgehead atoms. The van der Waals surface area contributed by atoms with E-state index < -0.39 is 0 Å². The predicted octanol–water partition coefficient (Wildman–Crippen LogP) is 3.51. The summed E-state index contributed by atoms with van der Waals surface area (Å²) in [6.07, 6.45) is 6.31. The van der Waals surface area contributed by atoms with Crippen molar-refractivity contribution >= 4 is 11.0 Å². The maximum absolute atomic E-state index is 9.33. The highest BCUT2D eigenvalue weighted by atomic mass is 16.5. The van der Waals surface area contributed by atoms with Gasteiger partial charge >= 0.3 is 0 Å². The van der Waals surface area contributed by atoms with Crippen LogP contribution in [0.4, 0.5) is 0 Å². The van der Waals surface area contributed by atoms with Crippen LogP contribution in [0.1, 0.15) is 24.2 Å². The van der Waals surface area contributed by atoms with Gasteiger partial charge in [-0.2, -0.15) is 0 Å². The van der Waals surface area contributed by atoms with Gasteiger partial charge in [-0.05, 0) is 62.3 Å². The minimum Gasteiger partial charge on any atom is -0.496 e. The van der Waals surface area contributed by atoms with E-state index in [0.29, 0.717) is 5.82 Å². The van der Waals surface area contributed by atoms with E-state index in [0.717, 1.165) is 53.5 Å². The van der Waals surface area contributed by atoms with Crippen molar-refractivity contribution in [2.45, 2.75) is 26.0 Å². The first kappa shape index (κ1) is 18.8. The summed E-state index contributed by atoms with van der Waals surface area (Å²) in [5, 5.41) is 9.33. The molecule has 0 aliphatic carbocycles. The van der Waals surface area contributed by atoms with Crippen LogP contribution in [0.25, 0.3) is 28.1 Å². The fourth-order valence-corrected chi connectivity index (χ4v) is 4.22. The van der Waals surface area contributed by atoms with Gasteiger partial charge in [-0.25, -0.2) is 9.97 Å². The lowest BCUT2D eigenvalue weighted by molar-refractivity contribution is 0.273. The number of ether oxygens (including phenoxy) is 1. The molecule has 2 N–H and O–H groups in total. The minimum absolute atomic E-state index is 0.105. The number of hydrogen-bond donors (Lipinski definition) is 2. The van der Waals surface area contributed by atoms with Gasteiger partial charge in [-0.1, -0.05) is 0 Å². The highest BCUT2D eigenvalue weighted by Gasteiger charge is 2.17. The molecule has 0 spiro atoms. The Bertz CT molecular complexity index is 1170. The fraction of sp³-hybridized carbons (Fsp3) is 0.304. The molecule has 3 heterocycles. The average Bonchev–Trinajstić information content (AvgIpc) is 3.53. The number of likely N-dealkylation sites (tertiary alicyclic amines) is 1. The molecule has 0 unspecified atom stereocenters. The summed E-state index contributed by atoms with van der Waals surface area (Å²) in [5.74, 6) is 2.36. The van der Waals surface area contributed by atoms with E-state index in [1.807, 2.05) is 36.7 Å². The molecular formula is C23H25N5O2. The topological polar surface area (TPSA) is 79.2 Å². The summed E-state index contributed by atoms with van der Waals surface area (Å²) in [7, 11) is 1.73. The largest absolute Gasteiger partial charge is 0.496 e. The maximum atomic E-state index is 9.33. The van der Waals surface area contributed by atoms with Gasteiger partial charge in [0.1, 0.15) is 24.0 Å². The summed E-state index contributed by atoms with van der Waals surface area (Å²) >= 11 is 0. The molecule has 4 aromatic rings. The monoisotopic (exact) mass is 403 g/mol. The van der Waals surface area contributed by atoms with E-state index in [9.17, 15) is 5.11 Å². The number of imidazole rings is 2. The third kappa shape index (κ3) is 3.46. The Morgan fingerprint density at radius 1 is 1.13 bits per heavy atom. The van der Waals surface area contributed by atoms with E-state index in [4.69, 9.17) is 4.74 Å². The van der Waals surface area contributed by atoms with Crippen molar-refractivity contribution in [2.24, 2.45) is 0 Å². The minimum atomic E-state index is -0.105. The molecule has 2 aromatic heterocycles. The van der Waals surface area contributed by atoms with Gasteiger partial charge in [-0.3, -0.25) is 9.47 Å². The van der Waals surface area contributed by atoms with Crippen LogP contribution in [-0.4, -0.2) is 49.7 Å². The number of rotatable bonds is 6. The van der Waals surface area contributed by atoms with E-state index in [1.165, 1.54) is 18.4 Å². The van der Waals surface area contributed by atoms with Gasteiger partial charge in [0.05, 0.1) is 18.1 Å². The van der Waals surface area contributed by atoms with Crippen LogP contribution in [-0.2, 0) is 13.2 Å². The second kappa shape index (κ2) is 7.93. The van der Waals surface area contributed by atoms with Gasteiger partial charge in [0, 0.05) is 35.8 Å². The van der Waals surface area contributed by atoms with E-state index in [-0.39, 0.29) is 6.61 Å². The van der Waals surface area contributed by atoms with Gasteiger partial charge < -0.3 is 14.8 Å². The van der Waals surface area contributed by atoms with Crippen LogP contribution in [0.15, 0.2) is 48.8 Å². The van der Waals surface area contributed by atoms with Crippen molar-refractivity contribution in [1.29, 1.82) is 0 Å². The predicted molar refractivity (Wildman–Crippen MR) is 116 cm³/mol. The van der Waals surface area contributed by atoms with E-state index in [2.05, 4.69) is 36.6 Å². The van der Waals surface area contributed by atoms with E-state index >= 15 is 0 Å². The van der Waals surface area contributed by atoms with Gasteiger partial charge in [0.2, 0.25) is 0 Å². The number of fused-ring (bicyclic) bond motifs is 1. The second-order valence-electron chi connectivity index (χ2n) is 7.67.